The fraction of sp³-hybridized carbons (Fsp3) is 0.304. The molecule has 0 atom stereocenters. The summed E-state index contributed by atoms with van der Waals surface area (Å²) in [6, 6.07) is 10.4. The van der Waals surface area contributed by atoms with Gasteiger partial charge in [-0.3, -0.25) is 0 Å². The van der Waals surface area contributed by atoms with Crippen molar-refractivity contribution < 1.29 is 14.3 Å². The molecule has 0 aliphatic heterocycles. The molecule has 0 amide bonds. The number of aliphatic hydroxyl groups excluding tert-OH is 1. The van der Waals surface area contributed by atoms with E-state index in [9.17, 15) is 5.11 Å². The number of rotatable bonds is 7. The van der Waals surface area contributed by atoms with E-state index in [0.29, 0.717) is 30.5 Å². The van der Waals surface area contributed by atoms with Crippen LogP contribution in [-0.4, -0.2) is 33.4 Å². The van der Waals surface area contributed by atoms with Gasteiger partial charge in [-0.05, 0) is 39.0 Å². The molecule has 2 aromatic carbocycles. The van der Waals surface area contributed by atoms with Gasteiger partial charge in [0.05, 0.1) is 26.3 Å². The molecule has 0 bridgehead atoms. The van der Waals surface area contributed by atoms with Gasteiger partial charge in [0, 0.05) is 16.6 Å². The van der Waals surface area contributed by atoms with Crippen LogP contribution in [0.3, 0.4) is 0 Å². The quantitative estimate of drug-likeness (QED) is 0.404. The Morgan fingerprint density at radius 1 is 1.23 bits per heavy atom. The van der Waals surface area contributed by atoms with Gasteiger partial charge in [-0.15, -0.1) is 0 Å². The third kappa shape index (κ3) is 3.75. The van der Waals surface area contributed by atoms with Crippen molar-refractivity contribution in [1.29, 1.82) is 0 Å². The average molecular weight is 470 g/mol. The van der Waals surface area contributed by atoms with E-state index in [1.807, 2.05) is 10.6 Å². The summed E-state index contributed by atoms with van der Waals surface area (Å²) in [7, 11) is 1.64. The molecule has 7 heteroatoms. The summed E-state index contributed by atoms with van der Waals surface area (Å²) in [4.78, 5) is 9.17. The minimum Gasteiger partial charge on any atom is -0.494 e. The van der Waals surface area contributed by atoms with Crippen molar-refractivity contribution in [3.05, 3.63) is 64.3 Å². The number of hydrogen-bond donors (Lipinski definition) is 1. The predicted molar refractivity (Wildman–Crippen MR) is 120 cm³/mol. The third-order valence-corrected chi connectivity index (χ3v) is 6.09. The van der Waals surface area contributed by atoms with Crippen LogP contribution in [0, 0.1) is 0 Å². The van der Waals surface area contributed by atoms with E-state index in [1.54, 1.807) is 19.6 Å². The second-order valence-corrected chi connectivity index (χ2v) is 8.23. The number of imidazole rings is 1. The Morgan fingerprint density at radius 2 is 2.00 bits per heavy atom. The zero-order valence-electron chi connectivity index (χ0n) is 17.2. The number of aliphatic hydroxyl groups is 1. The van der Waals surface area contributed by atoms with Crippen LogP contribution < -0.4 is 4.74 Å². The first-order valence-corrected chi connectivity index (χ1v) is 10.7. The van der Waals surface area contributed by atoms with Gasteiger partial charge in [-0.25, -0.2) is 9.97 Å². The highest BCUT2D eigenvalue weighted by Gasteiger charge is 2.21. The molecule has 156 valence electrons. The maximum absolute atomic E-state index is 9.72. The fourth-order valence-electron chi connectivity index (χ4n) is 3.64. The fourth-order valence-corrected chi connectivity index (χ4v) is 4.17. The monoisotopic (exact) mass is 469 g/mol. The number of aromatic nitrogens is 3. The standard InChI is InChI=1S/C23H24BrN3O3/c1-14(2)15-4-6-16(7-5-15)23-26-21-20(24)17(13-19-25-8-11-30-19)12-18(29-3)22(21)27(23)9-10-28/h4-8,11-12,14,28H,9-10,13H2,1-3H3. The van der Waals surface area contributed by atoms with Crippen molar-refractivity contribution in [2.75, 3.05) is 13.7 Å². The number of methoxy groups -OCH3 is 1. The number of ether oxygens (including phenoxy) is 1. The topological polar surface area (TPSA) is 73.3 Å². The maximum atomic E-state index is 9.72. The molecule has 0 unspecified atom stereocenters. The predicted octanol–water partition coefficient (Wildman–Crippen LogP) is 5.17. The van der Waals surface area contributed by atoms with Gasteiger partial charge >= 0.3 is 0 Å². The van der Waals surface area contributed by atoms with Crippen LogP contribution in [0.2, 0.25) is 0 Å². The second kappa shape index (κ2) is 8.62. The number of fused-ring (bicyclic) bond motifs is 1. The van der Waals surface area contributed by atoms with Crippen LogP contribution in [0.25, 0.3) is 22.4 Å². The Kier molecular flexibility index (Phi) is 5.92. The zero-order valence-corrected chi connectivity index (χ0v) is 18.8. The van der Waals surface area contributed by atoms with E-state index < -0.39 is 0 Å². The SMILES string of the molecule is COc1cc(Cc2ncco2)c(Br)c2nc(-c3ccc(C(C)C)cc3)n(CCO)c12. The summed E-state index contributed by atoms with van der Waals surface area (Å²) in [5.74, 6) is 2.57. The number of oxazole rings is 1. The van der Waals surface area contributed by atoms with Gasteiger partial charge in [0.15, 0.2) is 5.89 Å². The Labute approximate surface area is 183 Å². The first-order valence-electron chi connectivity index (χ1n) is 9.88. The van der Waals surface area contributed by atoms with Crippen LogP contribution in [0.15, 0.2) is 51.7 Å². The lowest BCUT2D eigenvalue weighted by atomic mass is 10.0. The highest BCUT2D eigenvalue weighted by atomic mass is 79.9. The maximum Gasteiger partial charge on any atom is 0.198 e. The van der Waals surface area contributed by atoms with Gasteiger partial charge in [-0.2, -0.15) is 0 Å². The molecule has 0 saturated heterocycles. The molecule has 0 radical (unpaired) electrons. The number of benzene rings is 2. The first kappa shape index (κ1) is 20.6. The van der Waals surface area contributed by atoms with Crippen LogP contribution in [0.4, 0.5) is 0 Å². The van der Waals surface area contributed by atoms with Gasteiger partial charge in [-0.1, -0.05) is 38.1 Å². The Morgan fingerprint density at radius 3 is 2.60 bits per heavy atom. The molecule has 0 fully saturated rings. The van der Waals surface area contributed by atoms with E-state index in [2.05, 4.69) is 59.0 Å². The highest BCUT2D eigenvalue weighted by molar-refractivity contribution is 9.10. The lowest BCUT2D eigenvalue weighted by molar-refractivity contribution is 0.278. The molecule has 0 spiro atoms. The summed E-state index contributed by atoms with van der Waals surface area (Å²) in [5.41, 5.74) is 4.87. The minimum absolute atomic E-state index is 0.00137. The summed E-state index contributed by atoms with van der Waals surface area (Å²) in [6.45, 7) is 4.77. The van der Waals surface area contributed by atoms with Crippen molar-refractivity contribution in [3.8, 4) is 17.1 Å². The Balaban J connectivity index is 1.90. The molecule has 6 nitrogen and oxygen atoms in total. The van der Waals surface area contributed by atoms with E-state index in [4.69, 9.17) is 14.1 Å². The van der Waals surface area contributed by atoms with Crippen molar-refractivity contribution in [2.24, 2.45) is 0 Å². The highest BCUT2D eigenvalue weighted by Crippen LogP contribution is 2.38. The van der Waals surface area contributed by atoms with Crippen LogP contribution >= 0.6 is 15.9 Å². The number of hydrogen-bond acceptors (Lipinski definition) is 5. The average Bonchev–Trinajstić information content (AvgIpc) is 3.39. The molecule has 0 aliphatic rings. The molecule has 2 aromatic heterocycles. The van der Waals surface area contributed by atoms with Crippen LogP contribution in [0.5, 0.6) is 5.75 Å². The Hall–Kier alpha value is -2.64. The summed E-state index contributed by atoms with van der Waals surface area (Å²) in [6.07, 6.45) is 3.72. The molecule has 30 heavy (non-hydrogen) atoms. The van der Waals surface area contributed by atoms with Gasteiger partial charge in [0.1, 0.15) is 28.9 Å². The largest absolute Gasteiger partial charge is 0.494 e. The van der Waals surface area contributed by atoms with Crippen molar-refractivity contribution in [1.82, 2.24) is 14.5 Å². The van der Waals surface area contributed by atoms with Gasteiger partial charge in [0.25, 0.3) is 0 Å². The summed E-state index contributed by atoms with van der Waals surface area (Å²) >= 11 is 3.73. The molecular formula is C23H24BrN3O3. The molecular weight excluding hydrogens is 446 g/mol. The molecule has 4 rings (SSSR count). The second-order valence-electron chi connectivity index (χ2n) is 7.44. The molecule has 0 saturated carbocycles. The van der Waals surface area contributed by atoms with E-state index in [-0.39, 0.29) is 6.61 Å². The zero-order chi connectivity index (χ0) is 21.3. The van der Waals surface area contributed by atoms with Gasteiger partial charge in [0.2, 0.25) is 0 Å². The summed E-state index contributed by atoms with van der Waals surface area (Å²) < 4.78 is 14.0. The first-order chi connectivity index (χ1) is 14.5. The van der Waals surface area contributed by atoms with Crippen LogP contribution in [0.1, 0.15) is 36.8 Å². The number of nitrogens with zero attached hydrogens (tertiary/aromatic N) is 3. The summed E-state index contributed by atoms with van der Waals surface area (Å²) in [5, 5.41) is 9.72. The van der Waals surface area contributed by atoms with E-state index in [1.165, 1.54) is 5.56 Å². The van der Waals surface area contributed by atoms with Crippen molar-refractivity contribution in [2.45, 2.75) is 32.7 Å². The minimum atomic E-state index is 0.00137. The smallest absolute Gasteiger partial charge is 0.198 e. The molecule has 1 N–H and O–H groups in total. The Bertz CT molecular complexity index is 1150. The van der Waals surface area contributed by atoms with E-state index >= 15 is 0 Å². The third-order valence-electron chi connectivity index (χ3n) is 5.20. The van der Waals surface area contributed by atoms with Crippen LogP contribution in [-0.2, 0) is 13.0 Å². The van der Waals surface area contributed by atoms with Gasteiger partial charge < -0.3 is 18.8 Å². The van der Waals surface area contributed by atoms with Crippen molar-refractivity contribution >= 4 is 27.0 Å². The molecule has 2 heterocycles. The van der Waals surface area contributed by atoms with E-state index in [0.717, 1.165) is 32.5 Å². The molecule has 0 aliphatic carbocycles. The number of halogens is 1. The normalized spacial score (nSPS) is 11.5. The lowest BCUT2D eigenvalue weighted by Gasteiger charge is -2.12. The molecule has 4 aromatic rings. The lowest BCUT2D eigenvalue weighted by Crippen LogP contribution is -2.05. The van der Waals surface area contributed by atoms with Crippen molar-refractivity contribution in [3.63, 3.8) is 0 Å².